The summed E-state index contributed by atoms with van der Waals surface area (Å²) < 4.78 is 166. The van der Waals surface area contributed by atoms with Crippen molar-refractivity contribution in [1.29, 1.82) is 0 Å². The molecule has 0 aliphatic carbocycles. The number of nitrogens with zero attached hydrogens (tertiary/aromatic N) is 1. The Kier molecular flexibility index (Phi) is 11.0. The van der Waals surface area contributed by atoms with Gasteiger partial charge in [0.05, 0.1) is 6.21 Å². The van der Waals surface area contributed by atoms with Gasteiger partial charge in [0.25, 0.3) is 0 Å². The second-order valence-corrected chi connectivity index (χ2v) is 6.15. The quantitative estimate of drug-likeness (QED) is 0.134. The van der Waals surface area contributed by atoms with Gasteiger partial charge in [-0.05, 0) is 6.92 Å². The molecule has 4 atom stereocenters. The zero-order valence-electron chi connectivity index (χ0n) is 17.5. The third kappa shape index (κ3) is 11.0. The smallest absolute Gasteiger partial charge is 0.452 e. The van der Waals surface area contributed by atoms with E-state index in [1.807, 2.05) is 0 Å². The van der Waals surface area contributed by atoms with Gasteiger partial charge >= 0.3 is 48.6 Å². The van der Waals surface area contributed by atoms with Gasteiger partial charge in [-0.1, -0.05) is 5.16 Å². The number of esters is 4. The molecule has 0 radical (unpaired) electrons. The lowest BCUT2D eigenvalue weighted by Crippen LogP contribution is -2.54. The van der Waals surface area contributed by atoms with Crippen molar-refractivity contribution in [2.45, 2.75) is 56.0 Å². The zero-order chi connectivity index (χ0) is 29.6. The first-order valence-corrected chi connectivity index (χ1v) is 8.60. The number of oxime groups is 1. The van der Waals surface area contributed by atoms with Crippen LogP contribution in [0.2, 0.25) is 0 Å². The highest BCUT2D eigenvalue weighted by atomic mass is 19.4. The molecular weight excluding hydrogens is 566 g/mol. The molecule has 0 aromatic rings. The number of hydrogen-bond acceptors (Lipinski definition) is 10. The van der Waals surface area contributed by atoms with E-state index in [2.05, 4.69) is 28.9 Å². The predicted molar refractivity (Wildman–Crippen MR) is 84.9 cm³/mol. The summed E-state index contributed by atoms with van der Waals surface area (Å²) in [5.74, 6) is -13.4. The Morgan fingerprint density at radius 2 is 0.919 bits per heavy atom. The van der Waals surface area contributed by atoms with Gasteiger partial charge in [0.1, 0.15) is 13.2 Å². The highest BCUT2D eigenvalue weighted by Gasteiger charge is 2.54. The second-order valence-electron chi connectivity index (χ2n) is 6.15. The van der Waals surface area contributed by atoms with E-state index in [-0.39, 0.29) is 13.1 Å². The van der Waals surface area contributed by atoms with Crippen molar-refractivity contribution >= 4 is 30.1 Å². The first-order chi connectivity index (χ1) is 16.4. The molecule has 37 heavy (non-hydrogen) atoms. The Bertz CT molecular complexity index is 863. The maximum atomic E-state index is 12.7. The van der Waals surface area contributed by atoms with Crippen LogP contribution in [0.15, 0.2) is 5.16 Å². The molecule has 0 bridgehead atoms. The summed E-state index contributed by atoms with van der Waals surface area (Å²) in [7, 11) is 0.616. The Morgan fingerprint density at radius 1 is 0.595 bits per heavy atom. The van der Waals surface area contributed by atoms with E-state index in [1.54, 1.807) is 0 Å². The summed E-state index contributed by atoms with van der Waals surface area (Å²) in [4.78, 5) is 48.7. The SMILES string of the molecule is CON=CC(OC(=O)C(F)(F)F)C(OC(=O)C(F)(F)F)C(OC(=O)C(F)(F)F)C(C)OC(=O)C(F)(F)F. The van der Waals surface area contributed by atoms with E-state index < -0.39 is 73.0 Å². The number of rotatable bonds is 9. The molecule has 22 heteroatoms. The maximum absolute atomic E-state index is 12.7. The molecule has 0 aliphatic heterocycles. The molecule has 4 unspecified atom stereocenters. The summed E-state index contributed by atoms with van der Waals surface area (Å²) in [6, 6.07) is 0. The molecule has 0 heterocycles. The van der Waals surface area contributed by atoms with Crippen molar-refractivity contribution in [3.8, 4) is 0 Å². The first kappa shape index (κ1) is 33.5. The number of carbonyl (C=O) groups excluding carboxylic acids is 4. The summed E-state index contributed by atoms with van der Waals surface area (Å²) >= 11 is 0. The minimum atomic E-state index is -6.08. The minimum absolute atomic E-state index is 0.141. The van der Waals surface area contributed by atoms with Gasteiger partial charge in [0.2, 0.25) is 0 Å². The molecule has 0 spiro atoms. The van der Waals surface area contributed by atoms with Crippen LogP contribution in [-0.4, -0.2) is 86.3 Å². The van der Waals surface area contributed by atoms with Gasteiger partial charge in [-0.2, -0.15) is 52.7 Å². The van der Waals surface area contributed by atoms with Crippen LogP contribution in [0.3, 0.4) is 0 Å². The van der Waals surface area contributed by atoms with Crippen LogP contribution < -0.4 is 0 Å². The van der Waals surface area contributed by atoms with Crippen molar-refractivity contribution in [2.24, 2.45) is 5.16 Å². The molecule has 0 saturated heterocycles. The minimum Gasteiger partial charge on any atom is -0.452 e. The Labute approximate surface area is 195 Å². The highest BCUT2D eigenvalue weighted by Crippen LogP contribution is 2.28. The highest BCUT2D eigenvalue weighted by molar-refractivity contribution is 5.80. The van der Waals surface area contributed by atoms with Crippen LogP contribution in [0.4, 0.5) is 52.7 Å². The summed E-state index contributed by atoms with van der Waals surface area (Å²) in [5.41, 5.74) is 0. The van der Waals surface area contributed by atoms with Crippen LogP contribution in [0.25, 0.3) is 0 Å². The molecule has 0 rings (SSSR count). The lowest BCUT2D eigenvalue weighted by Gasteiger charge is -2.33. The lowest BCUT2D eigenvalue weighted by atomic mass is 10.0. The number of halogens is 12. The van der Waals surface area contributed by atoms with Crippen LogP contribution in [0, 0.1) is 0 Å². The third-order valence-electron chi connectivity index (χ3n) is 3.37. The molecule has 0 N–H and O–H groups in total. The van der Waals surface area contributed by atoms with E-state index in [0.717, 1.165) is 0 Å². The number of hydrogen-bond donors (Lipinski definition) is 0. The molecule has 0 amide bonds. The molecule has 0 aromatic heterocycles. The summed E-state index contributed by atoms with van der Waals surface area (Å²) in [6.45, 7) is 0.141. The molecule has 0 aromatic carbocycles. The second kappa shape index (κ2) is 12.2. The molecule has 0 fully saturated rings. The monoisotopic (exact) mass is 577 g/mol. The lowest BCUT2D eigenvalue weighted by molar-refractivity contribution is -0.242. The van der Waals surface area contributed by atoms with Crippen LogP contribution in [0.1, 0.15) is 6.92 Å². The van der Waals surface area contributed by atoms with E-state index in [0.29, 0.717) is 7.11 Å². The summed E-state index contributed by atoms with van der Waals surface area (Å²) in [6.07, 6.45) is -37.4. The fourth-order valence-corrected chi connectivity index (χ4v) is 1.93. The standard InChI is InChI=1S/C15H11F12NO9/c1-4(34-8(29)12(16,17)18)6(36-10(31)14(22,23)24)7(37-11(32)15(25,26)27)5(3-28-33-2)35-9(30)13(19,20)21/h3-7H,1-2H3. The van der Waals surface area contributed by atoms with Crippen molar-refractivity contribution in [1.82, 2.24) is 0 Å². The van der Waals surface area contributed by atoms with Gasteiger partial charge in [0, 0.05) is 0 Å². The van der Waals surface area contributed by atoms with Gasteiger partial charge in [-0.3, -0.25) is 0 Å². The Hall–Kier alpha value is -3.49. The number of ether oxygens (including phenoxy) is 4. The van der Waals surface area contributed by atoms with Crippen molar-refractivity contribution in [2.75, 3.05) is 7.11 Å². The summed E-state index contributed by atoms with van der Waals surface area (Å²) in [5, 5.41) is 2.67. The number of carbonyl (C=O) groups is 4. The van der Waals surface area contributed by atoms with Crippen LogP contribution >= 0.6 is 0 Å². The normalized spacial score (nSPS) is 16.3. The predicted octanol–water partition coefficient (Wildman–Crippen LogP) is 2.53. The Morgan fingerprint density at radius 3 is 1.27 bits per heavy atom. The zero-order valence-corrected chi connectivity index (χ0v) is 17.5. The number of alkyl halides is 12. The van der Waals surface area contributed by atoms with E-state index in [4.69, 9.17) is 0 Å². The van der Waals surface area contributed by atoms with Crippen molar-refractivity contribution < 1.29 is 95.6 Å². The largest absolute Gasteiger partial charge is 0.490 e. The molecule has 214 valence electrons. The van der Waals surface area contributed by atoms with Gasteiger partial charge in [-0.15, -0.1) is 0 Å². The molecule has 0 saturated carbocycles. The first-order valence-electron chi connectivity index (χ1n) is 8.60. The fraction of sp³-hybridized carbons (Fsp3) is 0.667. The maximum Gasteiger partial charge on any atom is 0.490 e. The fourth-order valence-electron chi connectivity index (χ4n) is 1.93. The molecule has 10 nitrogen and oxygen atoms in total. The third-order valence-corrected chi connectivity index (χ3v) is 3.37. The van der Waals surface area contributed by atoms with Crippen molar-refractivity contribution in [3.05, 3.63) is 0 Å². The van der Waals surface area contributed by atoms with Crippen LogP contribution in [0.5, 0.6) is 0 Å². The average Bonchev–Trinajstić information content (AvgIpc) is 2.70. The van der Waals surface area contributed by atoms with E-state index in [9.17, 15) is 71.9 Å². The molecular formula is C15H11F12NO9. The van der Waals surface area contributed by atoms with Gasteiger partial charge < -0.3 is 23.8 Å². The van der Waals surface area contributed by atoms with Crippen LogP contribution in [-0.2, 0) is 43.0 Å². The van der Waals surface area contributed by atoms with E-state index in [1.165, 1.54) is 0 Å². The Balaban J connectivity index is 6.87. The van der Waals surface area contributed by atoms with Gasteiger partial charge in [-0.25, -0.2) is 19.2 Å². The van der Waals surface area contributed by atoms with E-state index >= 15 is 0 Å². The topological polar surface area (TPSA) is 127 Å². The average molecular weight is 577 g/mol. The van der Waals surface area contributed by atoms with Crippen molar-refractivity contribution in [3.63, 3.8) is 0 Å². The molecule has 0 aliphatic rings. The van der Waals surface area contributed by atoms with Gasteiger partial charge in [0.15, 0.2) is 18.3 Å².